The third kappa shape index (κ3) is 3.66. The fourth-order valence-corrected chi connectivity index (χ4v) is 3.15. The molecule has 0 spiro atoms. The minimum atomic E-state index is -0.256. The quantitative estimate of drug-likeness (QED) is 0.488. The maximum Gasteiger partial charge on any atom is 0.271 e. The summed E-state index contributed by atoms with van der Waals surface area (Å²) in [4.78, 5) is 12.0. The molecule has 0 atom stereocenters. The molecule has 26 heavy (non-hydrogen) atoms. The minimum Gasteiger partial charge on any atom is -0.316 e. The van der Waals surface area contributed by atoms with Gasteiger partial charge in [-0.15, -0.1) is 0 Å². The van der Waals surface area contributed by atoms with Crippen LogP contribution in [0.3, 0.4) is 0 Å². The van der Waals surface area contributed by atoms with Gasteiger partial charge < -0.3 is 4.57 Å². The van der Waals surface area contributed by atoms with Crippen molar-refractivity contribution in [2.75, 3.05) is 0 Å². The molecule has 0 aliphatic heterocycles. The number of hydrogen-bond donors (Lipinski definition) is 1. The second kappa shape index (κ2) is 7.77. The lowest BCUT2D eigenvalue weighted by atomic mass is 10.2. The predicted molar refractivity (Wildman–Crippen MR) is 107 cm³/mol. The number of carbonyl (C=O) groups excluding carboxylic acids is 1. The van der Waals surface area contributed by atoms with Crippen molar-refractivity contribution in [3.05, 3.63) is 87.2 Å². The molecule has 1 amide bonds. The first-order valence-electron chi connectivity index (χ1n) is 8.01. The van der Waals surface area contributed by atoms with E-state index in [9.17, 15) is 4.79 Å². The Morgan fingerprint density at radius 1 is 1.08 bits per heavy atom. The summed E-state index contributed by atoms with van der Waals surface area (Å²) in [5.74, 6) is -0.256. The molecular formula is C20H17Cl2N3O. The maximum atomic E-state index is 12.0. The number of benzene rings is 2. The lowest BCUT2D eigenvalue weighted by molar-refractivity contribution is 0.0955. The lowest BCUT2D eigenvalue weighted by Gasteiger charge is -2.12. The monoisotopic (exact) mass is 385 g/mol. The minimum absolute atomic E-state index is 0.256. The van der Waals surface area contributed by atoms with Gasteiger partial charge in [0, 0.05) is 22.5 Å². The first-order chi connectivity index (χ1) is 12.5. The van der Waals surface area contributed by atoms with E-state index in [-0.39, 0.29) is 5.91 Å². The molecule has 0 aliphatic carbocycles. The molecule has 0 fully saturated rings. The smallest absolute Gasteiger partial charge is 0.271 e. The summed E-state index contributed by atoms with van der Waals surface area (Å²) in [6.07, 6.45) is 1.62. The summed E-state index contributed by atoms with van der Waals surface area (Å²) < 4.78 is 2.01. The van der Waals surface area contributed by atoms with Crippen molar-refractivity contribution in [2.45, 2.75) is 13.8 Å². The molecule has 1 aromatic heterocycles. The van der Waals surface area contributed by atoms with Gasteiger partial charge in [0.1, 0.15) is 0 Å². The molecule has 0 saturated heterocycles. The van der Waals surface area contributed by atoms with Gasteiger partial charge in [0.2, 0.25) is 0 Å². The molecule has 132 valence electrons. The summed E-state index contributed by atoms with van der Waals surface area (Å²) in [5, 5.41) is 5.07. The van der Waals surface area contributed by atoms with Gasteiger partial charge in [-0.25, -0.2) is 5.43 Å². The van der Waals surface area contributed by atoms with Crippen molar-refractivity contribution in [1.29, 1.82) is 0 Å². The van der Waals surface area contributed by atoms with Crippen LogP contribution in [0.25, 0.3) is 5.69 Å². The second-order valence-corrected chi connectivity index (χ2v) is 6.59. The van der Waals surface area contributed by atoms with E-state index < -0.39 is 0 Å². The van der Waals surface area contributed by atoms with Crippen LogP contribution in [0.5, 0.6) is 0 Å². The zero-order chi connectivity index (χ0) is 18.7. The van der Waals surface area contributed by atoms with E-state index in [0.717, 1.165) is 22.6 Å². The van der Waals surface area contributed by atoms with Crippen LogP contribution in [-0.4, -0.2) is 16.7 Å². The van der Waals surface area contributed by atoms with Gasteiger partial charge in [0.15, 0.2) is 0 Å². The summed E-state index contributed by atoms with van der Waals surface area (Å²) >= 11 is 12.5. The number of nitrogens with zero attached hydrogens (tertiary/aromatic N) is 2. The van der Waals surface area contributed by atoms with Crippen LogP contribution in [0.1, 0.15) is 27.3 Å². The molecule has 2 aromatic carbocycles. The molecule has 1 heterocycles. The molecule has 6 heteroatoms. The van der Waals surface area contributed by atoms with Crippen LogP contribution < -0.4 is 5.43 Å². The largest absolute Gasteiger partial charge is 0.316 e. The van der Waals surface area contributed by atoms with E-state index in [1.54, 1.807) is 36.5 Å². The number of carbonyl (C=O) groups is 1. The molecule has 0 bridgehead atoms. The van der Waals surface area contributed by atoms with Crippen molar-refractivity contribution >= 4 is 35.3 Å². The Labute approximate surface area is 162 Å². The van der Waals surface area contributed by atoms with Crippen LogP contribution in [0.15, 0.2) is 59.7 Å². The van der Waals surface area contributed by atoms with Crippen molar-refractivity contribution in [3.63, 3.8) is 0 Å². The van der Waals surface area contributed by atoms with Gasteiger partial charge in [-0.1, -0.05) is 47.5 Å². The first kappa shape index (κ1) is 18.2. The van der Waals surface area contributed by atoms with Crippen LogP contribution in [0.4, 0.5) is 0 Å². The van der Waals surface area contributed by atoms with Crippen LogP contribution in [0.2, 0.25) is 10.0 Å². The Kier molecular flexibility index (Phi) is 5.45. The molecular weight excluding hydrogens is 369 g/mol. The highest BCUT2D eigenvalue weighted by Gasteiger charge is 2.13. The Bertz CT molecular complexity index is 978. The zero-order valence-electron chi connectivity index (χ0n) is 14.3. The molecule has 3 aromatic rings. The number of amides is 1. The van der Waals surface area contributed by atoms with Crippen molar-refractivity contribution in [2.24, 2.45) is 5.10 Å². The van der Waals surface area contributed by atoms with Gasteiger partial charge in [-0.3, -0.25) is 4.79 Å². The van der Waals surface area contributed by atoms with Crippen LogP contribution >= 0.6 is 23.2 Å². The van der Waals surface area contributed by atoms with Gasteiger partial charge in [-0.05, 0) is 44.2 Å². The normalized spacial score (nSPS) is 11.1. The predicted octanol–water partition coefficient (Wildman–Crippen LogP) is 5.16. The van der Waals surface area contributed by atoms with Crippen molar-refractivity contribution < 1.29 is 4.79 Å². The van der Waals surface area contributed by atoms with Crippen LogP contribution in [0, 0.1) is 13.8 Å². The first-order valence-corrected chi connectivity index (χ1v) is 8.76. The fourth-order valence-electron chi connectivity index (χ4n) is 2.77. The summed E-state index contributed by atoms with van der Waals surface area (Å²) in [7, 11) is 0. The molecule has 0 aliphatic rings. The van der Waals surface area contributed by atoms with Gasteiger partial charge >= 0.3 is 0 Å². The topological polar surface area (TPSA) is 46.4 Å². The highest BCUT2D eigenvalue weighted by atomic mass is 35.5. The van der Waals surface area contributed by atoms with E-state index >= 15 is 0 Å². The number of hydrogen-bond acceptors (Lipinski definition) is 2. The number of hydrazone groups is 1. The van der Waals surface area contributed by atoms with E-state index in [2.05, 4.69) is 10.5 Å². The number of aromatic nitrogens is 1. The Hall–Kier alpha value is -2.56. The van der Waals surface area contributed by atoms with Crippen molar-refractivity contribution in [1.82, 2.24) is 9.99 Å². The third-order valence-electron chi connectivity index (χ3n) is 4.05. The Morgan fingerprint density at radius 2 is 1.81 bits per heavy atom. The number of halogens is 2. The number of nitrogens with one attached hydrogen (secondary N) is 1. The van der Waals surface area contributed by atoms with Gasteiger partial charge in [0.25, 0.3) is 5.91 Å². The summed E-state index contributed by atoms with van der Waals surface area (Å²) in [6.45, 7) is 3.94. The second-order valence-electron chi connectivity index (χ2n) is 5.80. The average Bonchev–Trinajstić information content (AvgIpc) is 2.92. The average molecular weight is 386 g/mol. The highest BCUT2D eigenvalue weighted by molar-refractivity contribution is 6.43. The molecule has 3 rings (SSSR count). The van der Waals surface area contributed by atoms with Crippen molar-refractivity contribution in [3.8, 4) is 5.69 Å². The lowest BCUT2D eigenvalue weighted by Crippen LogP contribution is -2.17. The maximum absolute atomic E-state index is 12.0. The SMILES string of the molecule is Cc1cc(/C=N/NC(=O)c2ccccc2)c(C)n1-c1cccc(Cl)c1Cl. The standard InChI is InChI=1S/C20H17Cl2N3O/c1-13-11-16(12-23-24-20(26)15-7-4-3-5-8-15)14(2)25(13)18-10-6-9-17(21)19(18)22/h3-12H,1-2H3,(H,24,26)/b23-12+. The van der Waals surface area contributed by atoms with Crippen LogP contribution in [-0.2, 0) is 0 Å². The molecule has 0 unspecified atom stereocenters. The fraction of sp³-hybridized carbons (Fsp3) is 0.100. The summed E-state index contributed by atoms with van der Waals surface area (Å²) in [6, 6.07) is 16.4. The molecule has 4 nitrogen and oxygen atoms in total. The third-order valence-corrected chi connectivity index (χ3v) is 4.86. The highest BCUT2D eigenvalue weighted by Crippen LogP contribution is 2.31. The Morgan fingerprint density at radius 3 is 2.54 bits per heavy atom. The molecule has 0 radical (unpaired) electrons. The zero-order valence-corrected chi connectivity index (χ0v) is 15.8. The van der Waals surface area contributed by atoms with E-state index in [1.165, 1.54) is 0 Å². The van der Waals surface area contributed by atoms with E-state index in [0.29, 0.717) is 15.6 Å². The van der Waals surface area contributed by atoms with E-state index in [4.69, 9.17) is 23.2 Å². The van der Waals surface area contributed by atoms with E-state index in [1.807, 2.05) is 42.7 Å². The molecule has 1 N–H and O–H groups in total. The number of aryl methyl sites for hydroxylation is 1. The van der Waals surface area contributed by atoms with Gasteiger partial charge in [-0.2, -0.15) is 5.10 Å². The Balaban J connectivity index is 1.84. The number of rotatable bonds is 4. The summed E-state index contributed by atoms with van der Waals surface area (Å²) in [5.41, 5.74) is 6.72. The molecule has 0 saturated carbocycles. The van der Waals surface area contributed by atoms with Gasteiger partial charge in [0.05, 0.1) is 21.9 Å².